The zero-order valence-corrected chi connectivity index (χ0v) is 14.1. The molecule has 0 aromatic heterocycles. The number of benzene rings is 2. The third-order valence-corrected chi connectivity index (χ3v) is 4.50. The topological polar surface area (TPSA) is 46.0 Å². The van der Waals surface area contributed by atoms with Crippen LogP contribution in [-0.4, -0.2) is 23.7 Å². The molecular formula is C18H19N3OS. The van der Waals surface area contributed by atoms with Crippen molar-refractivity contribution in [2.24, 2.45) is 10.1 Å². The molecular weight excluding hydrogens is 306 g/mol. The van der Waals surface area contributed by atoms with Crippen LogP contribution in [0.25, 0.3) is 0 Å². The fourth-order valence-corrected chi connectivity index (χ4v) is 3.01. The van der Waals surface area contributed by atoms with Crippen LogP contribution < -0.4 is 10.2 Å². The van der Waals surface area contributed by atoms with Crippen molar-refractivity contribution in [1.82, 2.24) is 5.43 Å². The molecule has 0 unspecified atom stereocenters. The number of ether oxygens (including phenoxy) is 1. The average molecular weight is 325 g/mol. The second-order valence-corrected chi connectivity index (χ2v) is 6.09. The van der Waals surface area contributed by atoms with Crippen LogP contribution in [0, 0.1) is 0 Å². The van der Waals surface area contributed by atoms with Crippen LogP contribution in [0.4, 0.5) is 5.69 Å². The highest BCUT2D eigenvalue weighted by Gasteiger charge is 2.13. The van der Waals surface area contributed by atoms with E-state index >= 15 is 0 Å². The van der Waals surface area contributed by atoms with Crippen molar-refractivity contribution in [3.8, 4) is 5.75 Å². The van der Waals surface area contributed by atoms with Gasteiger partial charge in [0, 0.05) is 5.75 Å². The second kappa shape index (κ2) is 7.33. The largest absolute Gasteiger partial charge is 0.497 e. The number of hydrogen-bond donors (Lipinski definition) is 1. The standard InChI is InChI=1S/C18H19N3OS/c1-3-13-4-6-14(7-5-13)17-12-23-18(21-20-17)19-15-8-10-16(22-2)11-9-15/h4-11H,3,12H2,1-2H3,(H,19,21). The van der Waals surface area contributed by atoms with Crippen molar-refractivity contribution >= 4 is 28.3 Å². The summed E-state index contributed by atoms with van der Waals surface area (Å²) in [5, 5.41) is 5.27. The number of aryl methyl sites for hydroxylation is 1. The normalized spacial score (nSPS) is 15.9. The molecule has 2 aromatic rings. The van der Waals surface area contributed by atoms with Gasteiger partial charge in [-0.25, -0.2) is 4.99 Å². The summed E-state index contributed by atoms with van der Waals surface area (Å²) in [5.74, 6) is 1.64. The molecule has 0 fully saturated rings. The smallest absolute Gasteiger partial charge is 0.182 e. The molecule has 0 radical (unpaired) electrons. The van der Waals surface area contributed by atoms with Crippen LogP contribution in [0.1, 0.15) is 18.1 Å². The summed E-state index contributed by atoms with van der Waals surface area (Å²) in [6, 6.07) is 16.2. The van der Waals surface area contributed by atoms with Gasteiger partial charge in [0.2, 0.25) is 0 Å². The van der Waals surface area contributed by atoms with E-state index in [1.165, 1.54) is 5.56 Å². The van der Waals surface area contributed by atoms with Crippen molar-refractivity contribution in [2.45, 2.75) is 13.3 Å². The monoisotopic (exact) mass is 325 g/mol. The minimum absolute atomic E-state index is 0.809. The van der Waals surface area contributed by atoms with Gasteiger partial charge in [-0.3, -0.25) is 5.43 Å². The van der Waals surface area contributed by atoms with E-state index in [2.05, 4.69) is 46.7 Å². The average Bonchev–Trinajstić information content (AvgIpc) is 2.63. The van der Waals surface area contributed by atoms with E-state index in [-0.39, 0.29) is 0 Å². The molecule has 1 N–H and O–H groups in total. The Hall–Kier alpha value is -2.27. The Morgan fingerprint density at radius 2 is 1.87 bits per heavy atom. The molecule has 3 rings (SSSR count). The highest BCUT2D eigenvalue weighted by Crippen LogP contribution is 2.21. The number of amidine groups is 1. The molecule has 0 saturated carbocycles. The van der Waals surface area contributed by atoms with Crippen LogP contribution in [0.3, 0.4) is 0 Å². The summed E-state index contributed by atoms with van der Waals surface area (Å²) in [4.78, 5) is 4.55. The molecule has 23 heavy (non-hydrogen) atoms. The highest BCUT2D eigenvalue weighted by atomic mass is 32.2. The SMILES string of the molecule is CCc1ccc(C2=NNC(=Nc3ccc(OC)cc3)SC2)cc1. The van der Waals surface area contributed by atoms with Crippen molar-refractivity contribution in [2.75, 3.05) is 12.9 Å². The lowest BCUT2D eigenvalue weighted by molar-refractivity contribution is 0.415. The molecule has 2 aromatic carbocycles. The van der Waals surface area contributed by atoms with Gasteiger partial charge in [-0.2, -0.15) is 5.10 Å². The lowest BCUT2D eigenvalue weighted by Crippen LogP contribution is -2.25. The molecule has 4 nitrogen and oxygen atoms in total. The Bertz CT molecular complexity index is 721. The van der Waals surface area contributed by atoms with Crippen LogP contribution in [0.5, 0.6) is 5.75 Å². The van der Waals surface area contributed by atoms with Gasteiger partial charge in [-0.05, 0) is 41.8 Å². The molecule has 0 spiro atoms. The molecule has 118 valence electrons. The third kappa shape index (κ3) is 3.93. The summed E-state index contributed by atoms with van der Waals surface area (Å²) < 4.78 is 5.15. The summed E-state index contributed by atoms with van der Waals surface area (Å²) in [5.41, 5.74) is 7.47. The molecule has 0 aliphatic carbocycles. The number of aliphatic imine (C=N–C) groups is 1. The lowest BCUT2D eigenvalue weighted by atomic mass is 10.1. The Morgan fingerprint density at radius 3 is 2.43 bits per heavy atom. The van der Waals surface area contributed by atoms with Gasteiger partial charge < -0.3 is 4.74 Å². The zero-order valence-electron chi connectivity index (χ0n) is 13.2. The summed E-state index contributed by atoms with van der Waals surface area (Å²) in [6.07, 6.45) is 1.05. The number of rotatable bonds is 4. The zero-order chi connectivity index (χ0) is 16.1. The van der Waals surface area contributed by atoms with Gasteiger partial charge in [0.15, 0.2) is 5.17 Å². The molecule has 0 amide bonds. The van der Waals surface area contributed by atoms with Gasteiger partial charge in [-0.15, -0.1) is 0 Å². The highest BCUT2D eigenvalue weighted by molar-refractivity contribution is 8.14. The van der Waals surface area contributed by atoms with Crippen molar-refractivity contribution in [3.63, 3.8) is 0 Å². The van der Waals surface area contributed by atoms with Crippen molar-refractivity contribution in [3.05, 3.63) is 59.7 Å². The van der Waals surface area contributed by atoms with Crippen molar-refractivity contribution < 1.29 is 4.74 Å². The minimum Gasteiger partial charge on any atom is -0.497 e. The summed E-state index contributed by atoms with van der Waals surface area (Å²) >= 11 is 1.66. The minimum atomic E-state index is 0.809. The summed E-state index contributed by atoms with van der Waals surface area (Å²) in [7, 11) is 1.66. The Balaban J connectivity index is 1.70. The van der Waals surface area contributed by atoms with Crippen LogP contribution in [0.15, 0.2) is 58.6 Å². The number of thioether (sulfide) groups is 1. The predicted octanol–water partition coefficient (Wildman–Crippen LogP) is 3.99. The van der Waals surface area contributed by atoms with Gasteiger partial charge in [-0.1, -0.05) is 43.0 Å². The van der Waals surface area contributed by atoms with E-state index in [1.54, 1.807) is 18.9 Å². The van der Waals surface area contributed by atoms with Gasteiger partial charge >= 0.3 is 0 Å². The fraction of sp³-hybridized carbons (Fsp3) is 0.222. The number of nitrogens with one attached hydrogen (secondary N) is 1. The molecule has 1 aliphatic rings. The first-order valence-electron chi connectivity index (χ1n) is 7.56. The summed E-state index contributed by atoms with van der Waals surface area (Å²) in [6.45, 7) is 2.16. The first kappa shape index (κ1) is 15.6. The number of methoxy groups -OCH3 is 1. The molecule has 1 heterocycles. The van der Waals surface area contributed by atoms with E-state index in [9.17, 15) is 0 Å². The van der Waals surface area contributed by atoms with E-state index in [1.807, 2.05) is 24.3 Å². The van der Waals surface area contributed by atoms with Gasteiger partial charge in [0.05, 0.1) is 18.5 Å². The Kier molecular flexibility index (Phi) is 4.98. The predicted molar refractivity (Wildman–Crippen MR) is 98.0 cm³/mol. The molecule has 0 bridgehead atoms. The van der Waals surface area contributed by atoms with E-state index in [0.717, 1.165) is 40.1 Å². The van der Waals surface area contributed by atoms with E-state index < -0.39 is 0 Å². The van der Waals surface area contributed by atoms with E-state index in [4.69, 9.17) is 4.74 Å². The maximum Gasteiger partial charge on any atom is 0.182 e. The van der Waals surface area contributed by atoms with Crippen LogP contribution >= 0.6 is 11.8 Å². The van der Waals surface area contributed by atoms with Crippen LogP contribution in [0.2, 0.25) is 0 Å². The maximum atomic E-state index is 5.15. The number of hydrazone groups is 1. The maximum absolute atomic E-state index is 5.15. The second-order valence-electron chi connectivity index (χ2n) is 5.12. The Morgan fingerprint density at radius 1 is 1.13 bits per heavy atom. The molecule has 0 saturated heterocycles. The molecule has 1 aliphatic heterocycles. The Labute approximate surface area is 140 Å². The molecule has 5 heteroatoms. The van der Waals surface area contributed by atoms with Crippen molar-refractivity contribution in [1.29, 1.82) is 0 Å². The number of hydrogen-bond acceptors (Lipinski definition) is 4. The van der Waals surface area contributed by atoms with Crippen LogP contribution in [-0.2, 0) is 6.42 Å². The number of nitrogens with zero attached hydrogens (tertiary/aromatic N) is 2. The third-order valence-electron chi connectivity index (χ3n) is 3.63. The first-order valence-corrected chi connectivity index (χ1v) is 8.54. The van der Waals surface area contributed by atoms with E-state index in [0.29, 0.717) is 0 Å². The first-order chi connectivity index (χ1) is 11.3. The lowest BCUT2D eigenvalue weighted by Gasteiger charge is -2.15. The molecule has 0 atom stereocenters. The van der Waals surface area contributed by atoms with Gasteiger partial charge in [0.1, 0.15) is 5.75 Å². The van der Waals surface area contributed by atoms with Gasteiger partial charge in [0.25, 0.3) is 0 Å². The fourth-order valence-electron chi connectivity index (χ4n) is 2.23. The quantitative estimate of drug-likeness (QED) is 0.924.